The normalized spacial score (nSPS) is 18.9. The van der Waals surface area contributed by atoms with Gasteiger partial charge in [-0.05, 0) is 38.4 Å². The zero-order chi connectivity index (χ0) is 17.1. The van der Waals surface area contributed by atoms with Crippen molar-refractivity contribution in [2.24, 2.45) is 10.4 Å². The van der Waals surface area contributed by atoms with Crippen molar-refractivity contribution in [3.8, 4) is 0 Å². The summed E-state index contributed by atoms with van der Waals surface area (Å²) in [7, 11) is 4.21. The predicted octanol–water partition coefficient (Wildman–Crippen LogP) is 3.16. The van der Waals surface area contributed by atoms with Gasteiger partial charge in [0.25, 0.3) is 0 Å². The number of hydrogen-bond donors (Lipinski definition) is 0. The molecule has 0 saturated heterocycles. The number of hydrogen-bond acceptors (Lipinski definition) is 3. The van der Waals surface area contributed by atoms with Crippen LogP contribution in [0.4, 0.5) is 0 Å². The molecule has 1 aliphatic heterocycles. The van der Waals surface area contributed by atoms with Gasteiger partial charge in [0.1, 0.15) is 6.54 Å². The second-order valence-corrected chi connectivity index (χ2v) is 8.18. The molecule has 1 aromatic carbocycles. The number of aromatic nitrogens is 1. The van der Waals surface area contributed by atoms with E-state index < -0.39 is 0 Å². The van der Waals surface area contributed by atoms with Crippen LogP contribution in [0.25, 0.3) is 10.9 Å². The number of carbonyl (C=O) groups is 1. The van der Waals surface area contributed by atoms with Gasteiger partial charge < -0.3 is 9.47 Å². The molecule has 0 spiro atoms. The van der Waals surface area contributed by atoms with Crippen LogP contribution in [0.3, 0.4) is 0 Å². The van der Waals surface area contributed by atoms with Crippen LogP contribution >= 0.6 is 0 Å². The number of carbonyl (C=O) groups excluding carboxylic acids is 1. The van der Waals surface area contributed by atoms with Gasteiger partial charge >= 0.3 is 0 Å². The van der Waals surface area contributed by atoms with E-state index >= 15 is 0 Å². The molecular formula is C20H25N3O. The molecule has 1 aromatic heterocycles. The molecule has 0 atom stereocenters. The minimum absolute atomic E-state index is 0.146. The highest BCUT2D eigenvalue weighted by Gasteiger charge is 2.36. The predicted molar refractivity (Wildman–Crippen MR) is 98.3 cm³/mol. The molecular weight excluding hydrogens is 298 g/mol. The van der Waals surface area contributed by atoms with Crippen LogP contribution < -0.4 is 0 Å². The molecule has 0 fully saturated rings. The Labute approximate surface area is 143 Å². The Morgan fingerprint density at radius 3 is 2.79 bits per heavy atom. The van der Waals surface area contributed by atoms with Gasteiger partial charge in [0.2, 0.25) is 0 Å². The highest BCUT2D eigenvalue weighted by molar-refractivity contribution is 6.22. The summed E-state index contributed by atoms with van der Waals surface area (Å²) in [5.74, 6) is 0.146. The highest BCUT2D eigenvalue weighted by atomic mass is 16.1. The molecule has 0 amide bonds. The zero-order valence-electron chi connectivity index (χ0n) is 15.0. The van der Waals surface area contributed by atoms with Gasteiger partial charge in [-0.3, -0.25) is 9.79 Å². The molecule has 4 heteroatoms. The van der Waals surface area contributed by atoms with Gasteiger partial charge in [-0.15, -0.1) is 0 Å². The number of aliphatic imine (C=N–C) groups is 1. The van der Waals surface area contributed by atoms with E-state index in [1.165, 1.54) is 16.8 Å². The number of likely N-dealkylation sites (N-methyl/N-ethyl adjacent to an activating group) is 1. The molecule has 0 radical (unpaired) electrons. The molecule has 24 heavy (non-hydrogen) atoms. The summed E-state index contributed by atoms with van der Waals surface area (Å²) in [6, 6.07) is 6.15. The van der Waals surface area contributed by atoms with Crippen molar-refractivity contribution in [3.05, 3.63) is 35.0 Å². The number of nitrogens with zero attached hydrogens (tertiary/aromatic N) is 3. The van der Waals surface area contributed by atoms with Gasteiger partial charge in [-0.1, -0.05) is 26.0 Å². The smallest absolute Gasteiger partial charge is 0.184 e. The van der Waals surface area contributed by atoms with Crippen molar-refractivity contribution >= 4 is 22.4 Å². The van der Waals surface area contributed by atoms with E-state index in [4.69, 9.17) is 4.99 Å². The lowest BCUT2D eigenvalue weighted by molar-refractivity contribution is 0.100. The first-order valence-corrected chi connectivity index (χ1v) is 8.73. The van der Waals surface area contributed by atoms with Gasteiger partial charge in [0.05, 0.1) is 0 Å². The molecule has 1 aliphatic carbocycles. The number of ketones is 1. The molecule has 4 nitrogen and oxygen atoms in total. The topological polar surface area (TPSA) is 37.6 Å². The standard InChI is InChI=1S/C20H25N3O/c1-20(2)10-14-19-16(11-20)23(9-8-22(3)4)15-7-5-6-13(18(15)19)17(24)12-21-14/h5-7H,8-12H2,1-4H3. The molecule has 126 valence electrons. The quantitative estimate of drug-likeness (QED) is 0.870. The minimum atomic E-state index is 0.146. The number of rotatable bonds is 3. The fourth-order valence-corrected chi connectivity index (χ4v) is 4.18. The third-order valence-corrected chi connectivity index (χ3v) is 5.26. The SMILES string of the molecule is CN(C)CCn1c2c3c4c(cccc41)C(=O)CN=C3CC(C)(C)C2. The van der Waals surface area contributed by atoms with Crippen LogP contribution in [0.1, 0.15) is 41.9 Å². The van der Waals surface area contributed by atoms with Crippen LogP contribution in [0.5, 0.6) is 0 Å². The monoisotopic (exact) mass is 323 g/mol. The van der Waals surface area contributed by atoms with Crippen molar-refractivity contribution < 1.29 is 4.79 Å². The fourth-order valence-electron chi connectivity index (χ4n) is 4.18. The van der Waals surface area contributed by atoms with E-state index in [-0.39, 0.29) is 17.7 Å². The third-order valence-electron chi connectivity index (χ3n) is 5.26. The van der Waals surface area contributed by atoms with Crippen molar-refractivity contribution in [2.75, 3.05) is 27.2 Å². The maximum absolute atomic E-state index is 12.6. The molecule has 2 aliphatic rings. The van der Waals surface area contributed by atoms with Crippen molar-refractivity contribution in [3.63, 3.8) is 0 Å². The summed E-state index contributed by atoms with van der Waals surface area (Å²) in [5.41, 5.74) is 5.98. The molecule has 0 N–H and O–H groups in total. The van der Waals surface area contributed by atoms with Gasteiger partial charge in [0.15, 0.2) is 5.78 Å². The summed E-state index contributed by atoms with van der Waals surface area (Å²) < 4.78 is 2.43. The molecule has 4 rings (SSSR count). The lowest BCUT2D eigenvalue weighted by Gasteiger charge is -2.32. The van der Waals surface area contributed by atoms with Gasteiger partial charge in [-0.2, -0.15) is 0 Å². The average molecular weight is 323 g/mol. The van der Waals surface area contributed by atoms with Crippen LogP contribution in [-0.4, -0.2) is 48.1 Å². The Kier molecular flexibility index (Phi) is 3.43. The summed E-state index contributed by atoms with van der Waals surface area (Å²) in [4.78, 5) is 19.5. The number of Topliss-reactive ketones (excluding diaryl/α,β-unsaturated/α-hetero) is 1. The van der Waals surface area contributed by atoms with Crippen molar-refractivity contribution in [2.45, 2.75) is 33.2 Å². The average Bonchev–Trinajstić information content (AvgIpc) is 2.74. The molecule has 0 bridgehead atoms. The molecule has 0 unspecified atom stereocenters. The van der Waals surface area contributed by atoms with E-state index in [9.17, 15) is 4.79 Å². The number of benzene rings is 1. The van der Waals surface area contributed by atoms with E-state index in [2.05, 4.69) is 43.5 Å². The maximum atomic E-state index is 12.6. The highest BCUT2D eigenvalue weighted by Crippen LogP contribution is 2.42. The van der Waals surface area contributed by atoms with E-state index in [0.29, 0.717) is 0 Å². The summed E-state index contributed by atoms with van der Waals surface area (Å²) >= 11 is 0. The Balaban J connectivity index is 2.03. The first-order chi connectivity index (χ1) is 11.4. The third kappa shape index (κ3) is 2.32. The molecule has 2 heterocycles. The Hall–Kier alpha value is -1.94. The van der Waals surface area contributed by atoms with Crippen molar-refractivity contribution in [1.82, 2.24) is 9.47 Å². The zero-order valence-corrected chi connectivity index (χ0v) is 15.0. The summed E-state index contributed by atoms with van der Waals surface area (Å²) in [6.45, 7) is 6.83. The summed E-state index contributed by atoms with van der Waals surface area (Å²) in [5, 5.41) is 1.14. The Morgan fingerprint density at radius 2 is 2.04 bits per heavy atom. The Morgan fingerprint density at radius 1 is 1.25 bits per heavy atom. The largest absolute Gasteiger partial charge is 0.343 e. The van der Waals surface area contributed by atoms with Crippen molar-refractivity contribution in [1.29, 1.82) is 0 Å². The lowest BCUT2D eigenvalue weighted by Crippen LogP contribution is -2.29. The fraction of sp³-hybridized carbons (Fsp3) is 0.500. The van der Waals surface area contributed by atoms with Crippen LogP contribution in [0.15, 0.2) is 23.2 Å². The van der Waals surface area contributed by atoms with Gasteiger partial charge in [-0.25, -0.2) is 0 Å². The minimum Gasteiger partial charge on any atom is -0.343 e. The summed E-state index contributed by atoms with van der Waals surface area (Å²) in [6.07, 6.45) is 1.99. The Bertz CT molecular complexity index is 871. The van der Waals surface area contributed by atoms with E-state index in [1.807, 2.05) is 12.1 Å². The lowest BCUT2D eigenvalue weighted by atomic mass is 9.75. The second-order valence-electron chi connectivity index (χ2n) is 8.18. The maximum Gasteiger partial charge on any atom is 0.184 e. The van der Waals surface area contributed by atoms with Gasteiger partial charge in [0, 0.05) is 46.5 Å². The van der Waals surface area contributed by atoms with E-state index in [0.717, 1.165) is 42.6 Å². The first-order valence-electron chi connectivity index (χ1n) is 8.73. The van der Waals surface area contributed by atoms with Crippen LogP contribution in [-0.2, 0) is 13.0 Å². The van der Waals surface area contributed by atoms with E-state index in [1.54, 1.807) is 0 Å². The first kappa shape index (κ1) is 15.6. The second kappa shape index (κ2) is 5.28. The van der Waals surface area contributed by atoms with Crippen LogP contribution in [0.2, 0.25) is 0 Å². The molecule has 2 aromatic rings. The van der Waals surface area contributed by atoms with Crippen LogP contribution in [0, 0.1) is 5.41 Å². The molecule has 0 saturated carbocycles.